The quantitative estimate of drug-likeness (QED) is 0.718. The summed E-state index contributed by atoms with van der Waals surface area (Å²) < 4.78 is 134. The predicted octanol–water partition coefficient (Wildman–Crippen LogP) is 3.86. The largest absolute Gasteiger partial charge is 0.478 e. The molecule has 0 N–H and O–H groups in total. The molecule has 2 nitrogen and oxygen atoms in total. The van der Waals surface area contributed by atoms with E-state index in [0.717, 1.165) is 0 Å². The molecular formula is C8H6F10O2. The van der Waals surface area contributed by atoms with Crippen molar-refractivity contribution in [3.05, 3.63) is 0 Å². The standard InChI is InChI=1S/C8H6F10O2/c1-3(9,10)5(12,13)6(14)4(2,11)19-8(18,20-6)7(15,16)17/h1-2H3. The normalized spacial score (nSPS) is 40.2. The molecule has 3 unspecified atom stereocenters. The highest BCUT2D eigenvalue weighted by Crippen LogP contribution is 2.61. The van der Waals surface area contributed by atoms with Crippen LogP contribution in [0.3, 0.4) is 0 Å². The lowest BCUT2D eigenvalue weighted by Crippen LogP contribution is -2.63. The van der Waals surface area contributed by atoms with Crippen LogP contribution in [-0.4, -0.2) is 35.8 Å². The minimum atomic E-state index is -6.30. The van der Waals surface area contributed by atoms with Gasteiger partial charge in [-0.15, -0.1) is 0 Å². The first-order valence-corrected chi connectivity index (χ1v) is 4.71. The van der Waals surface area contributed by atoms with E-state index in [9.17, 15) is 43.9 Å². The minimum absolute atomic E-state index is 0.431. The summed E-state index contributed by atoms with van der Waals surface area (Å²) >= 11 is 0. The molecule has 3 atom stereocenters. The average molecular weight is 324 g/mol. The molecule has 1 saturated heterocycles. The van der Waals surface area contributed by atoms with E-state index in [1.807, 2.05) is 0 Å². The van der Waals surface area contributed by atoms with Gasteiger partial charge in [-0.3, -0.25) is 9.47 Å². The van der Waals surface area contributed by atoms with Crippen LogP contribution in [0.2, 0.25) is 0 Å². The Bertz CT molecular complexity index is 399. The van der Waals surface area contributed by atoms with Crippen molar-refractivity contribution in [2.24, 2.45) is 0 Å². The van der Waals surface area contributed by atoms with E-state index in [0.29, 0.717) is 0 Å². The van der Waals surface area contributed by atoms with Crippen LogP contribution in [0, 0.1) is 0 Å². The summed E-state index contributed by atoms with van der Waals surface area (Å²) in [5.41, 5.74) is 0. The molecule has 1 fully saturated rings. The zero-order valence-corrected chi connectivity index (χ0v) is 9.60. The number of hydrogen-bond acceptors (Lipinski definition) is 2. The van der Waals surface area contributed by atoms with Crippen molar-refractivity contribution in [1.29, 1.82) is 0 Å². The Hall–Kier alpha value is -0.780. The predicted molar refractivity (Wildman–Crippen MR) is 41.0 cm³/mol. The van der Waals surface area contributed by atoms with Crippen LogP contribution >= 0.6 is 0 Å². The van der Waals surface area contributed by atoms with Crippen molar-refractivity contribution in [3.8, 4) is 0 Å². The Morgan fingerprint density at radius 1 is 0.800 bits per heavy atom. The van der Waals surface area contributed by atoms with Crippen LogP contribution in [0.4, 0.5) is 43.9 Å². The van der Waals surface area contributed by atoms with Gasteiger partial charge in [0.25, 0.3) is 5.85 Å². The van der Waals surface area contributed by atoms with Gasteiger partial charge < -0.3 is 0 Å². The topological polar surface area (TPSA) is 18.5 Å². The molecule has 1 aliphatic rings. The van der Waals surface area contributed by atoms with E-state index in [2.05, 4.69) is 9.47 Å². The van der Waals surface area contributed by atoms with E-state index >= 15 is 0 Å². The summed E-state index contributed by atoms with van der Waals surface area (Å²) in [6.07, 6.45) is -6.30. The number of rotatable bonds is 2. The van der Waals surface area contributed by atoms with Gasteiger partial charge in [-0.1, -0.05) is 0 Å². The fourth-order valence-electron chi connectivity index (χ4n) is 1.35. The van der Waals surface area contributed by atoms with Gasteiger partial charge in [-0.25, -0.2) is 4.39 Å². The first kappa shape index (κ1) is 17.3. The summed E-state index contributed by atoms with van der Waals surface area (Å²) in [6, 6.07) is -5.64. The fraction of sp³-hybridized carbons (Fsp3) is 1.00. The maximum absolute atomic E-state index is 13.7. The molecule has 1 aliphatic heterocycles. The molecule has 0 saturated carbocycles. The Kier molecular flexibility index (Phi) is 3.37. The average Bonchev–Trinajstić information content (AvgIpc) is 2.31. The third-order valence-corrected chi connectivity index (χ3v) is 2.46. The molecule has 12 heteroatoms. The van der Waals surface area contributed by atoms with Gasteiger partial charge in [0, 0.05) is 13.8 Å². The van der Waals surface area contributed by atoms with E-state index in [1.54, 1.807) is 0 Å². The second-order valence-electron chi connectivity index (χ2n) is 4.21. The molecule has 0 amide bonds. The second-order valence-corrected chi connectivity index (χ2v) is 4.21. The van der Waals surface area contributed by atoms with Crippen LogP contribution in [0.15, 0.2) is 0 Å². The number of alkyl halides is 10. The van der Waals surface area contributed by atoms with Crippen molar-refractivity contribution in [3.63, 3.8) is 0 Å². The molecule has 0 aliphatic carbocycles. The molecule has 120 valence electrons. The maximum atomic E-state index is 13.7. The van der Waals surface area contributed by atoms with Crippen molar-refractivity contribution < 1.29 is 53.4 Å². The van der Waals surface area contributed by atoms with Crippen LogP contribution in [-0.2, 0) is 9.47 Å². The molecule has 0 aromatic carbocycles. The van der Waals surface area contributed by atoms with Crippen LogP contribution < -0.4 is 0 Å². The molecule has 1 rings (SSSR count). The third kappa shape index (κ3) is 2.03. The van der Waals surface area contributed by atoms with E-state index in [4.69, 9.17) is 0 Å². The molecule has 0 aromatic heterocycles. The lowest BCUT2D eigenvalue weighted by atomic mass is 9.98. The Morgan fingerprint density at radius 3 is 1.45 bits per heavy atom. The zero-order valence-electron chi connectivity index (χ0n) is 9.60. The zero-order chi connectivity index (χ0) is 16.4. The SMILES string of the molecule is CC(F)(F)C(F)(F)C1(F)OC(F)(C(F)(F)F)OC1(C)F. The van der Waals surface area contributed by atoms with Gasteiger partial charge in [0.1, 0.15) is 0 Å². The summed E-state index contributed by atoms with van der Waals surface area (Å²) in [6.45, 7) is -1.04. The lowest BCUT2D eigenvalue weighted by molar-refractivity contribution is -0.440. The van der Waals surface area contributed by atoms with Gasteiger partial charge in [-0.2, -0.15) is 39.5 Å². The fourth-order valence-corrected chi connectivity index (χ4v) is 1.35. The first-order chi connectivity index (χ1) is 8.41. The van der Waals surface area contributed by atoms with Gasteiger partial charge >= 0.3 is 29.9 Å². The molecule has 0 spiro atoms. The minimum Gasteiger partial charge on any atom is -0.273 e. The Balaban J connectivity index is 3.39. The molecule has 20 heavy (non-hydrogen) atoms. The molecular weight excluding hydrogens is 318 g/mol. The van der Waals surface area contributed by atoms with Crippen LogP contribution in [0.5, 0.6) is 0 Å². The van der Waals surface area contributed by atoms with Crippen molar-refractivity contribution in [2.45, 2.75) is 49.6 Å². The first-order valence-electron chi connectivity index (χ1n) is 4.71. The third-order valence-electron chi connectivity index (χ3n) is 2.46. The molecule has 0 radical (unpaired) electrons. The van der Waals surface area contributed by atoms with Crippen molar-refractivity contribution >= 4 is 0 Å². The second kappa shape index (κ2) is 3.90. The van der Waals surface area contributed by atoms with Crippen molar-refractivity contribution in [1.82, 2.24) is 0 Å². The van der Waals surface area contributed by atoms with Gasteiger partial charge in [0.15, 0.2) is 0 Å². The number of hydrogen-bond donors (Lipinski definition) is 0. The van der Waals surface area contributed by atoms with Gasteiger partial charge in [0.05, 0.1) is 0 Å². The Morgan fingerprint density at radius 2 is 1.20 bits per heavy atom. The van der Waals surface area contributed by atoms with Gasteiger partial charge in [0.2, 0.25) is 0 Å². The summed E-state index contributed by atoms with van der Waals surface area (Å²) in [4.78, 5) is 0. The van der Waals surface area contributed by atoms with Gasteiger partial charge in [-0.05, 0) is 0 Å². The maximum Gasteiger partial charge on any atom is 0.478 e. The van der Waals surface area contributed by atoms with E-state index in [1.165, 1.54) is 0 Å². The van der Waals surface area contributed by atoms with Crippen LogP contribution in [0.1, 0.15) is 13.8 Å². The molecule has 0 bridgehead atoms. The van der Waals surface area contributed by atoms with Crippen LogP contribution in [0.25, 0.3) is 0 Å². The van der Waals surface area contributed by atoms with Crippen molar-refractivity contribution in [2.75, 3.05) is 0 Å². The Labute approximate surface area is 104 Å². The molecule has 1 heterocycles. The molecule has 0 aromatic rings. The smallest absolute Gasteiger partial charge is 0.273 e. The highest BCUT2D eigenvalue weighted by molar-refractivity contribution is 5.06. The summed E-state index contributed by atoms with van der Waals surface area (Å²) in [5.74, 6) is -22.1. The number of halogens is 10. The summed E-state index contributed by atoms with van der Waals surface area (Å²) in [5, 5.41) is 0. The number of ether oxygens (including phenoxy) is 2. The monoisotopic (exact) mass is 324 g/mol. The van der Waals surface area contributed by atoms with E-state index in [-0.39, 0.29) is 0 Å². The van der Waals surface area contributed by atoms with E-state index < -0.39 is 49.6 Å². The highest BCUT2D eigenvalue weighted by Gasteiger charge is 2.87. The summed E-state index contributed by atoms with van der Waals surface area (Å²) in [7, 11) is 0. The lowest BCUT2D eigenvalue weighted by Gasteiger charge is -2.36. The highest BCUT2D eigenvalue weighted by atomic mass is 19.4.